The van der Waals surface area contributed by atoms with Crippen LogP contribution in [0.25, 0.3) is 0 Å². The Morgan fingerprint density at radius 1 is 0.850 bits per heavy atom. The number of carbonyl (C=O) groups is 4. The Kier molecular flexibility index (Phi) is 7.85. The molecule has 0 aliphatic carbocycles. The molecule has 0 spiro atoms. The maximum atomic E-state index is 9.10. The maximum absolute atomic E-state index is 9.10. The van der Waals surface area contributed by atoms with Crippen LogP contribution < -0.4 is 5.32 Å². The van der Waals surface area contributed by atoms with Crippen LogP contribution in [0.1, 0.15) is 12.8 Å². The van der Waals surface area contributed by atoms with Crippen LogP contribution in [-0.2, 0) is 23.9 Å². The normalized spacial score (nSPS) is 22.4. The molecular formula is C10H15NO9. The predicted octanol–water partition coefficient (Wildman–Crippen LogP) is -1.55. The molecule has 0 aromatic carbocycles. The maximum Gasteiger partial charge on any atom is 0.414 e. The molecule has 2 fully saturated rings. The molecule has 0 aromatic rings. The Hall–Kier alpha value is -2.20. The molecule has 2 heterocycles. The zero-order chi connectivity index (χ0) is 15.7. The van der Waals surface area contributed by atoms with Gasteiger partial charge in [0, 0.05) is 12.6 Å². The lowest BCUT2D eigenvalue weighted by Gasteiger charge is -2.04. The average molecular weight is 293 g/mol. The third kappa shape index (κ3) is 7.28. The van der Waals surface area contributed by atoms with E-state index in [9.17, 15) is 0 Å². The summed E-state index contributed by atoms with van der Waals surface area (Å²) >= 11 is 0. The van der Waals surface area contributed by atoms with Gasteiger partial charge in [-0.2, -0.15) is 0 Å². The van der Waals surface area contributed by atoms with Crippen molar-refractivity contribution in [2.75, 3.05) is 13.2 Å². The van der Waals surface area contributed by atoms with Crippen LogP contribution in [0.5, 0.6) is 0 Å². The minimum Gasteiger partial charge on any atom is -0.473 e. The predicted molar refractivity (Wildman–Crippen MR) is 61.3 cm³/mol. The Morgan fingerprint density at radius 3 is 1.65 bits per heavy atom. The Bertz CT molecular complexity index is 313. The summed E-state index contributed by atoms with van der Waals surface area (Å²) in [6.45, 7) is 2.14. The van der Waals surface area contributed by atoms with Gasteiger partial charge in [0.2, 0.25) is 0 Å². The van der Waals surface area contributed by atoms with Crippen LogP contribution in [0.3, 0.4) is 0 Å². The number of rotatable bonds is 0. The van der Waals surface area contributed by atoms with Gasteiger partial charge in [-0.3, -0.25) is 0 Å². The third-order valence-corrected chi connectivity index (χ3v) is 2.41. The van der Waals surface area contributed by atoms with Crippen molar-refractivity contribution >= 4 is 23.9 Å². The summed E-state index contributed by atoms with van der Waals surface area (Å²) in [6.07, 6.45) is 3.02. The number of fused-ring (bicyclic) bond motifs is 1. The van der Waals surface area contributed by atoms with E-state index in [4.69, 9.17) is 44.3 Å². The van der Waals surface area contributed by atoms with Crippen molar-refractivity contribution in [2.45, 2.75) is 25.0 Å². The van der Waals surface area contributed by atoms with Crippen molar-refractivity contribution in [1.29, 1.82) is 0 Å². The first kappa shape index (κ1) is 17.8. The molecule has 2 rings (SSSR count). The fraction of sp³-hybridized carbons (Fsp3) is 0.600. The van der Waals surface area contributed by atoms with E-state index in [0.29, 0.717) is 12.1 Å². The Morgan fingerprint density at radius 2 is 1.30 bits per heavy atom. The van der Waals surface area contributed by atoms with Gasteiger partial charge in [-0.1, -0.05) is 0 Å². The summed E-state index contributed by atoms with van der Waals surface area (Å²) < 4.78 is 5.41. The number of carboxylic acid groups (broad SMARTS) is 4. The van der Waals surface area contributed by atoms with Gasteiger partial charge in [-0.15, -0.1) is 0 Å². The number of hydrogen-bond donors (Lipinski definition) is 5. The monoisotopic (exact) mass is 293 g/mol. The van der Waals surface area contributed by atoms with Crippen LogP contribution in [-0.4, -0.2) is 69.6 Å². The zero-order valence-corrected chi connectivity index (χ0v) is 10.3. The number of carboxylic acids is 4. The van der Waals surface area contributed by atoms with Gasteiger partial charge in [-0.05, 0) is 19.4 Å². The summed E-state index contributed by atoms with van der Waals surface area (Å²) in [6, 6.07) is 0.704. The fourth-order valence-corrected chi connectivity index (χ4v) is 1.58. The van der Waals surface area contributed by atoms with E-state index in [1.165, 1.54) is 12.8 Å². The molecule has 0 amide bonds. The molecule has 0 unspecified atom stereocenters. The highest BCUT2D eigenvalue weighted by atomic mass is 16.5. The van der Waals surface area contributed by atoms with Crippen molar-refractivity contribution in [2.24, 2.45) is 0 Å². The third-order valence-electron chi connectivity index (χ3n) is 2.41. The van der Waals surface area contributed by atoms with Gasteiger partial charge in [0.25, 0.3) is 0 Å². The standard InChI is InChI=1S/C6H11NO.2C2H2O4/c1-3-7-5-2-4-8-6(1)5;2*3-1(4)2(5)6/h5-7H,1-4H2;2*(H,3,4)(H,5,6)/t5-,6-;;/m1../s1. The average Bonchev–Trinajstić information content (AvgIpc) is 2.92. The van der Waals surface area contributed by atoms with Crippen molar-refractivity contribution < 1.29 is 44.3 Å². The van der Waals surface area contributed by atoms with E-state index >= 15 is 0 Å². The topological polar surface area (TPSA) is 170 Å². The van der Waals surface area contributed by atoms with Gasteiger partial charge in [0.15, 0.2) is 0 Å². The van der Waals surface area contributed by atoms with Crippen molar-refractivity contribution in [3.05, 3.63) is 0 Å². The lowest BCUT2D eigenvalue weighted by Crippen LogP contribution is -2.24. The summed E-state index contributed by atoms with van der Waals surface area (Å²) in [4.78, 5) is 36.4. The summed E-state index contributed by atoms with van der Waals surface area (Å²) in [7, 11) is 0. The second-order valence-corrected chi connectivity index (χ2v) is 3.77. The molecule has 5 N–H and O–H groups in total. The van der Waals surface area contributed by atoms with Gasteiger partial charge in [0.05, 0.1) is 6.10 Å². The molecule has 2 aliphatic heterocycles. The van der Waals surface area contributed by atoms with E-state index in [2.05, 4.69) is 5.32 Å². The molecule has 10 heteroatoms. The van der Waals surface area contributed by atoms with Gasteiger partial charge < -0.3 is 30.5 Å². The molecule has 0 bridgehead atoms. The van der Waals surface area contributed by atoms with E-state index in [1.807, 2.05) is 0 Å². The number of ether oxygens (including phenoxy) is 1. The molecule has 20 heavy (non-hydrogen) atoms. The van der Waals surface area contributed by atoms with Gasteiger partial charge in [0.1, 0.15) is 0 Å². The first-order valence-corrected chi connectivity index (χ1v) is 5.53. The van der Waals surface area contributed by atoms with Crippen molar-refractivity contribution in [3.8, 4) is 0 Å². The number of nitrogens with one attached hydrogen (secondary N) is 1. The molecular weight excluding hydrogens is 278 g/mol. The molecule has 0 aromatic heterocycles. The zero-order valence-electron chi connectivity index (χ0n) is 10.3. The first-order valence-electron chi connectivity index (χ1n) is 5.53. The van der Waals surface area contributed by atoms with E-state index < -0.39 is 23.9 Å². The van der Waals surface area contributed by atoms with Crippen LogP contribution >= 0.6 is 0 Å². The summed E-state index contributed by atoms with van der Waals surface area (Å²) in [5.74, 6) is -7.30. The molecule has 0 radical (unpaired) electrons. The van der Waals surface area contributed by atoms with Crippen LogP contribution in [0.4, 0.5) is 0 Å². The first-order chi connectivity index (χ1) is 9.25. The van der Waals surface area contributed by atoms with Gasteiger partial charge >= 0.3 is 23.9 Å². The lowest BCUT2D eigenvalue weighted by molar-refractivity contribution is -0.159. The van der Waals surface area contributed by atoms with Crippen LogP contribution in [0, 0.1) is 0 Å². The second kappa shape index (κ2) is 8.82. The smallest absolute Gasteiger partial charge is 0.414 e. The minimum absolute atomic E-state index is 0.565. The summed E-state index contributed by atoms with van der Waals surface area (Å²) in [5.41, 5.74) is 0. The number of aliphatic carboxylic acids is 4. The molecule has 0 saturated carbocycles. The molecule has 2 atom stereocenters. The Labute approximate surface area is 113 Å². The van der Waals surface area contributed by atoms with E-state index in [1.54, 1.807) is 0 Å². The highest BCUT2D eigenvalue weighted by Gasteiger charge is 2.31. The Balaban J connectivity index is 0.000000278. The SMILES string of the molecule is C1C[C@H]2OCC[C@H]2N1.O=C(O)C(=O)O.O=C(O)C(=O)O. The highest BCUT2D eigenvalue weighted by Crippen LogP contribution is 2.20. The van der Waals surface area contributed by atoms with Crippen molar-refractivity contribution in [3.63, 3.8) is 0 Å². The van der Waals surface area contributed by atoms with Crippen LogP contribution in [0.15, 0.2) is 0 Å². The highest BCUT2D eigenvalue weighted by molar-refractivity contribution is 6.27. The van der Waals surface area contributed by atoms with Crippen LogP contribution in [0.2, 0.25) is 0 Å². The van der Waals surface area contributed by atoms with Gasteiger partial charge in [-0.25, -0.2) is 19.2 Å². The van der Waals surface area contributed by atoms with Crippen molar-refractivity contribution in [1.82, 2.24) is 5.32 Å². The molecule has 114 valence electrons. The second-order valence-electron chi connectivity index (χ2n) is 3.77. The fourth-order valence-electron chi connectivity index (χ4n) is 1.58. The van der Waals surface area contributed by atoms with E-state index in [-0.39, 0.29) is 0 Å². The lowest BCUT2D eigenvalue weighted by atomic mass is 10.2. The molecule has 10 nitrogen and oxygen atoms in total. The minimum atomic E-state index is -1.82. The van der Waals surface area contributed by atoms with E-state index in [0.717, 1.165) is 13.2 Å². The number of hydrogen-bond acceptors (Lipinski definition) is 6. The quantitative estimate of drug-likeness (QED) is 0.329. The molecule has 2 aliphatic rings. The largest absolute Gasteiger partial charge is 0.473 e. The summed E-state index contributed by atoms with van der Waals surface area (Å²) in [5, 5.41) is 33.0. The molecule has 2 saturated heterocycles.